The van der Waals surface area contributed by atoms with Gasteiger partial charge in [-0.2, -0.15) is 0 Å². The molecule has 2 aliphatic heterocycles. The van der Waals surface area contributed by atoms with Gasteiger partial charge in [-0.15, -0.1) is 0 Å². The van der Waals surface area contributed by atoms with Crippen LogP contribution in [0.4, 0.5) is 0 Å². The summed E-state index contributed by atoms with van der Waals surface area (Å²) in [7, 11) is 1.67. The Bertz CT molecular complexity index is 493. The maximum absolute atomic E-state index is 5.52. The number of benzene rings is 1. The highest BCUT2D eigenvalue weighted by atomic mass is 16.7. The zero-order valence-electron chi connectivity index (χ0n) is 12.5. The fraction of sp³-hybridized carbons (Fsp3) is 0.625. The zero-order valence-corrected chi connectivity index (χ0v) is 12.5. The van der Waals surface area contributed by atoms with Gasteiger partial charge < -0.3 is 19.5 Å². The Balaban J connectivity index is 1.91. The van der Waals surface area contributed by atoms with Gasteiger partial charge in [0.05, 0.1) is 7.11 Å². The molecule has 1 fully saturated rings. The van der Waals surface area contributed by atoms with Gasteiger partial charge in [0, 0.05) is 5.54 Å². The van der Waals surface area contributed by atoms with Crippen molar-refractivity contribution in [3.05, 3.63) is 17.7 Å². The van der Waals surface area contributed by atoms with Crippen molar-refractivity contribution in [3.63, 3.8) is 0 Å². The summed E-state index contributed by atoms with van der Waals surface area (Å²) in [5, 5.41) is 3.71. The van der Waals surface area contributed by atoms with Crippen LogP contribution in [-0.4, -0.2) is 26.0 Å². The molecule has 2 aliphatic rings. The number of nitrogens with one attached hydrogen (secondary N) is 1. The first kappa shape index (κ1) is 13.6. The molecule has 1 aromatic carbocycles. The lowest BCUT2D eigenvalue weighted by Crippen LogP contribution is -2.46. The fourth-order valence-corrected chi connectivity index (χ4v) is 3.33. The van der Waals surface area contributed by atoms with Gasteiger partial charge in [0.1, 0.15) is 0 Å². The highest BCUT2D eigenvalue weighted by Gasteiger charge is 2.37. The van der Waals surface area contributed by atoms with E-state index in [0.717, 1.165) is 30.2 Å². The molecule has 1 unspecified atom stereocenters. The van der Waals surface area contributed by atoms with E-state index in [4.69, 9.17) is 14.2 Å². The van der Waals surface area contributed by atoms with Crippen LogP contribution in [0.2, 0.25) is 0 Å². The summed E-state index contributed by atoms with van der Waals surface area (Å²) in [6.07, 6.45) is 3.47. The van der Waals surface area contributed by atoms with E-state index in [-0.39, 0.29) is 12.3 Å². The third-order valence-corrected chi connectivity index (χ3v) is 4.62. The lowest BCUT2D eigenvalue weighted by molar-refractivity contribution is 0.171. The first-order valence-electron chi connectivity index (χ1n) is 7.36. The lowest BCUT2D eigenvalue weighted by Gasteiger charge is -2.34. The SMILES string of the molecule is COc1cc(CC2(C(C)C)CCCN2)cc2c1OCO2. The summed E-state index contributed by atoms with van der Waals surface area (Å²) in [4.78, 5) is 0. The molecule has 0 radical (unpaired) electrons. The first-order chi connectivity index (χ1) is 9.64. The van der Waals surface area contributed by atoms with Crippen molar-refractivity contribution < 1.29 is 14.2 Å². The lowest BCUT2D eigenvalue weighted by atomic mass is 9.79. The molecule has 3 rings (SSSR count). The van der Waals surface area contributed by atoms with Crippen LogP contribution in [0.5, 0.6) is 17.2 Å². The standard InChI is InChI=1S/C16H23NO3/c1-11(2)16(5-4-6-17-16)9-12-7-13(18-3)15-14(8-12)19-10-20-15/h7-8,11,17H,4-6,9-10H2,1-3H3. The Hall–Kier alpha value is -1.42. The van der Waals surface area contributed by atoms with Crippen molar-refractivity contribution in [1.82, 2.24) is 5.32 Å². The second kappa shape index (κ2) is 5.17. The summed E-state index contributed by atoms with van der Waals surface area (Å²) in [5.41, 5.74) is 1.44. The molecule has 110 valence electrons. The van der Waals surface area contributed by atoms with Crippen LogP contribution >= 0.6 is 0 Å². The van der Waals surface area contributed by atoms with Gasteiger partial charge in [0.15, 0.2) is 11.5 Å². The van der Waals surface area contributed by atoms with Crippen molar-refractivity contribution in [2.24, 2.45) is 5.92 Å². The highest BCUT2D eigenvalue weighted by Crippen LogP contribution is 2.43. The molecular formula is C16H23NO3. The third-order valence-electron chi connectivity index (χ3n) is 4.62. The number of hydrogen-bond donors (Lipinski definition) is 1. The minimum atomic E-state index is 0.193. The molecule has 0 amide bonds. The first-order valence-corrected chi connectivity index (χ1v) is 7.36. The summed E-state index contributed by atoms with van der Waals surface area (Å²) < 4.78 is 16.4. The summed E-state index contributed by atoms with van der Waals surface area (Å²) in [5.74, 6) is 2.90. The predicted octanol–water partition coefficient (Wildman–Crippen LogP) is 2.74. The van der Waals surface area contributed by atoms with Crippen LogP contribution in [-0.2, 0) is 6.42 Å². The summed E-state index contributed by atoms with van der Waals surface area (Å²) >= 11 is 0. The maximum Gasteiger partial charge on any atom is 0.231 e. The molecule has 0 aromatic heterocycles. The van der Waals surface area contributed by atoms with Crippen LogP contribution in [0.25, 0.3) is 0 Å². The monoisotopic (exact) mass is 277 g/mol. The highest BCUT2D eigenvalue weighted by molar-refractivity contribution is 5.55. The molecule has 0 bridgehead atoms. The molecule has 20 heavy (non-hydrogen) atoms. The van der Waals surface area contributed by atoms with E-state index in [0.29, 0.717) is 5.92 Å². The topological polar surface area (TPSA) is 39.7 Å². The van der Waals surface area contributed by atoms with E-state index in [2.05, 4.69) is 31.3 Å². The maximum atomic E-state index is 5.52. The fourth-order valence-electron chi connectivity index (χ4n) is 3.33. The van der Waals surface area contributed by atoms with Crippen molar-refractivity contribution in [2.45, 2.75) is 38.6 Å². The van der Waals surface area contributed by atoms with E-state index in [1.54, 1.807) is 7.11 Å². The molecule has 0 aliphatic carbocycles. The Labute approximate surface area is 120 Å². The van der Waals surface area contributed by atoms with Crippen molar-refractivity contribution in [3.8, 4) is 17.2 Å². The van der Waals surface area contributed by atoms with Crippen LogP contribution in [0, 0.1) is 5.92 Å². The minimum Gasteiger partial charge on any atom is -0.493 e. The van der Waals surface area contributed by atoms with E-state index in [9.17, 15) is 0 Å². The Kier molecular flexibility index (Phi) is 3.50. The second-order valence-electron chi connectivity index (χ2n) is 6.05. The summed E-state index contributed by atoms with van der Waals surface area (Å²) in [6.45, 7) is 5.98. The Morgan fingerprint density at radius 3 is 2.85 bits per heavy atom. The number of fused-ring (bicyclic) bond motifs is 1. The van der Waals surface area contributed by atoms with Gasteiger partial charge in [-0.3, -0.25) is 0 Å². The number of ether oxygens (including phenoxy) is 3. The molecule has 4 heteroatoms. The van der Waals surface area contributed by atoms with Gasteiger partial charge in [-0.25, -0.2) is 0 Å². The van der Waals surface area contributed by atoms with Crippen molar-refractivity contribution in [1.29, 1.82) is 0 Å². The number of rotatable bonds is 4. The number of hydrogen-bond acceptors (Lipinski definition) is 4. The molecule has 1 aromatic rings. The summed E-state index contributed by atoms with van der Waals surface area (Å²) in [6, 6.07) is 4.17. The quantitative estimate of drug-likeness (QED) is 0.918. The minimum absolute atomic E-state index is 0.193. The molecule has 0 saturated carbocycles. The molecule has 0 spiro atoms. The largest absolute Gasteiger partial charge is 0.493 e. The van der Waals surface area contributed by atoms with E-state index in [1.165, 1.54) is 18.4 Å². The average Bonchev–Trinajstić information content (AvgIpc) is 3.07. The van der Waals surface area contributed by atoms with Crippen LogP contribution in [0.15, 0.2) is 12.1 Å². The molecule has 1 atom stereocenters. The van der Waals surface area contributed by atoms with E-state index in [1.807, 2.05) is 0 Å². The second-order valence-corrected chi connectivity index (χ2v) is 6.05. The molecular weight excluding hydrogens is 254 g/mol. The van der Waals surface area contributed by atoms with E-state index < -0.39 is 0 Å². The van der Waals surface area contributed by atoms with Gasteiger partial charge in [-0.1, -0.05) is 13.8 Å². The van der Waals surface area contributed by atoms with Crippen LogP contribution in [0.3, 0.4) is 0 Å². The third kappa shape index (κ3) is 2.22. The van der Waals surface area contributed by atoms with Gasteiger partial charge >= 0.3 is 0 Å². The zero-order chi connectivity index (χ0) is 14.2. The Morgan fingerprint density at radius 1 is 1.35 bits per heavy atom. The average molecular weight is 277 g/mol. The smallest absolute Gasteiger partial charge is 0.231 e. The van der Waals surface area contributed by atoms with Gasteiger partial charge in [0.2, 0.25) is 12.5 Å². The predicted molar refractivity (Wildman–Crippen MR) is 77.6 cm³/mol. The number of methoxy groups -OCH3 is 1. The van der Waals surface area contributed by atoms with Gasteiger partial charge in [0.25, 0.3) is 0 Å². The van der Waals surface area contributed by atoms with Gasteiger partial charge in [-0.05, 0) is 49.4 Å². The molecule has 4 nitrogen and oxygen atoms in total. The molecule has 2 heterocycles. The van der Waals surface area contributed by atoms with Crippen LogP contribution < -0.4 is 19.5 Å². The van der Waals surface area contributed by atoms with Crippen molar-refractivity contribution >= 4 is 0 Å². The Morgan fingerprint density at radius 2 is 2.20 bits per heavy atom. The molecule has 1 N–H and O–H groups in total. The van der Waals surface area contributed by atoms with Crippen molar-refractivity contribution in [2.75, 3.05) is 20.4 Å². The van der Waals surface area contributed by atoms with E-state index >= 15 is 0 Å². The normalized spacial score (nSPS) is 24.4. The molecule has 1 saturated heterocycles. The van der Waals surface area contributed by atoms with Crippen LogP contribution in [0.1, 0.15) is 32.3 Å².